The molecule has 0 aliphatic heterocycles. The zero-order chi connectivity index (χ0) is 9.86. The molecule has 78 valence electrons. The maximum Gasteiger partial charge on any atom is 0.241 e. The van der Waals surface area contributed by atoms with Gasteiger partial charge < -0.3 is 0 Å². The molecule has 1 aromatic heterocycles. The molecule has 2 nitrogen and oxygen atoms in total. The van der Waals surface area contributed by atoms with Gasteiger partial charge in [0, 0.05) is 10.2 Å². The van der Waals surface area contributed by atoms with Crippen molar-refractivity contribution in [2.24, 2.45) is 0 Å². The summed E-state index contributed by atoms with van der Waals surface area (Å²) in [4.78, 5) is 3.18. The lowest BCUT2D eigenvalue weighted by Crippen LogP contribution is -2.55. The van der Waals surface area contributed by atoms with E-state index in [0.717, 1.165) is 0 Å². The summed E-state index contributed by atoms with van der Waals surface area (Å²) in [5.41, 5.74) is 0.472. The molecule has 1 N–H and O–H groups in total. The summed E-state index contributed by atoms with van der Waals surface area (Å²) in [5.74, 6) is 0. The van der Waals surface area contributed by atoms with Crippen LogP contribution in [0.2, 0.25) is 6.04 Å². The Morgan fingerprint density at radius 2 is 2.07 bits per heavy atom. The molecule has 0 bridgehead atoms. The topological polar surface area (TPSA) is 19.7 Å². The van der Waals surface area contributed by atoms with Crippen LogP contribution in [0.5, 0.6) is 0 Å². The number of hydrogen-bond acceptors (Lipinski definition) is 0. The molecule has 3 heteroatoms. The van der Waals surface area contributed by atoms with E-state index < -0.39 is 0 Å². The molecule has 1 fully saturated rings. The lowest BCUT2D eigenvalue weighted by Gasteiger charge is -2.34. The molecule has 0 saturated heterocycles. The Bertz CT molecular complexity index is 257. The van der Waals surface area contributed by atoms with Crippen LogP contribution in [0.4, 0.5) is 0 Å². The van der Waals surface area contributed by atoms with Crippen molar-refractivity contribution in [2.75, 3.05) is 0 Å². The minimum Gasteiger partial charge on any atom is -0.250 e. The van der Waals surface area contributed by atoms with E-state index in [1.54, 1.807) is 0 Å². The van der Waals surface area contributed by atoms with E-state index in [0.29, 0.717) is 5.54 Å². The number of H-pyrrole nitrogens is 1. The van der Waals surface area contributed by atoms with Gasteiger partial charge in [0.15, 0.2) is 0 Å². The lowest BCUT2D eigenvalue weighted by molar-refractivity contribution is -0.767. The minimum absolute atomic E-state index is 0.472. The van der Waals surface area contributed by atoms with Crippen LogP contribution in [0.25, 0.3) is 0 Å². The number of hydrogen-bond donors (Lipinski definition) is 1. The number of aromatic amines is 1. The van der Waals surface area contributed by atoms with Crippen molar-refractivity contribution in [3.63, 3.8) is 0 Å². The molecule has 0 radical (unpaired) electrons. The van der Waals surface area contributed by atoms with E-state index >= 15 is 0 Å². The van der Waals surface area contributed by atoms with Crippen molar-refractivity contribution in [1.82, 2.24) is 4.98 Å². The summed E-state index contributed by atoms with van der Waals surface area (Å²) in [6.07, 6.45) is 14.8. The second kappa shape index (κ2) is 4.30. The lowest BCUT2D eigenvalue weighted by atomic mass is 9.79. The molecule has 0 amide bonds. The highest BCUT2D eigenvalue weighted by Crippen LogP contribution is 2.34. The number of rotatable bonds is 3. The van der Waals surface area contributed by atoms with Crippen LogP contribution in [-0.2, 0) is 5.54 Å². The van der Waals surface area contributed by atoms with Gasteiger partial charge in [-0.2, -0.15) is 0 Å². The monoisotopic (exact) mass is 209 g/mol. The molecule has 1 aromatic rings. The van der Waals surface area contributed by atoms with Crippen LogP contribution in [-0.4, -0.2) is 15.2 Å². The van der Waals surface area contributed by atoms with Gasteiger partial charge in [0.2, 0.25) is 6.33 Å². The molecule has 0 atom stereocenters. The fourth-order valence-electron chi connectivity index (χ4n) is 2.90. The molecule has 14 heavy (non-hydrogen) atoms. The maximum absolute atomic E-state index is 3.18. The van der Waals surface area contributed by atoms with Gasteiger partial charge in [0.25, 0.3) is 0 Å². The van der Waals surface area contributed by atoms with Gasteiger partial charge in [-0.25, -0.2) is 4.57 Å². The predicted molar refractivity (Wildman–Crippen MR) is 61.4 cm³/mol. The molecular formula is C11H21N2Si+. The number of nitrogens with zero attached hydrogens (tertiary/aromatic N) is 1. The molecule has 0 spiro atoms. The predicted octanol–water partition coefficient (Wildman–Crippen LogP) is 1.14. The van der Waals surface area contributed by atoms with Gasteiger partial charge in [-0.3, -0.25) is 4.98 Å². The molecule has 1 saturated carbocycles. The number of nitrogens with one attached hydrogen (secondary N) is 1. The molecular weight excluding hydrogens is 188 g/mol. The second-order valence-corrected chi connectivity index (χ2v) is 5.55. The fraction of sp³-hybridized carbons (Fsp3) is 0.727. The van der Waals surface area contributed by atoms with Gasteiger partial charge in [-0.05, 0) is 32.1 Å². The van der Waals surface area contributed by atoms with Crippen molar-refractivity contribution in [3.05, 3.63) is 18.7 Å². The molecule has 1 aliphatic carbocycles. The first-order chi connectivity index (χ1) is 6.87. The zero-order valence-corrected chi connectivity index (χ0v) is 11.1. The van der Waals surface area contributed by atoms with Crippen molar-refractivity contribution in [3.8, 4) is 0 Å². The fourth-order valence-corrected chi connectivity index (χ4v) is 3.83. The highest BCUT2D eigenvalue weighted by molar-refractivity contribution is 6.08. The average molecular weight is 209 g/mol. The standard InChI is InChI=1S/C11H20N2Si/c14-9-6-11(4-2-1-3-5-11)13-8-7-12-10-13/h7-8,10H,1-6,9H2,14H3/p+1. The van der Waals surface area contributed by atoms with Crippen LogP contribution in [0.15, 0.2) is 18.7 Å². The highest BCUT2D eigenvalue weighted by Gasteiger charge is 2.36. The van der Waals surface area contributed by atoms with E-state index in [9.17, 15) is 0 Å². The van der Waals surface area contributed by atoms with Crippen molar-refractivity contribution >= 4 is 10.2 Å². The molecule has 1 aliphatic rings. The Hall–Kier alpha value is -0.573. The summed E-state index contributed by atoms with van der Waals surface area (Å²) in [6, 6.07) is 1.43. The number of imidazole rings is 1. The summed E-state index contributed by atoms with van der Waals surface area (Å²) >= 11 is 0. The van der Waals surface area contributed by atoms with Gasteiger partial charge in [0.1, 0.15) is 17.9 Å². The summed E-state index contributed by atoms with van der Waals surface area (Å²) in [7, 11) is 1.34. The van der Waals surface area contributed by atoms with Crippen molar-refractivity contribution < 1.29 is 4.57 Å². The minimum atomic E-state index is 0.472. The molecule has 1 heterocycles. The van der Waals surface area contributed by atoms with Gasteiger partial charge in [-0.1, -0.05) is 12.5 Å². The summed E-state index contributed by atoms with van der Waals surface area (Å²) < 4.78 is 2.43. The first-order valence-electron chi connectivity index (χ1n) is 5.92. The Morgan fingerprint density at radius 3 is 2.64 bits per heavy atom. The second-order valence-electron chi connectivity index (χ2n) is 4.55. The molecule has 0 unspecified atom stereocenters. The van der Waals surface area contributed by atoms with E-state index in [2.05, 4.69) is 22.1 Å². The van der Waals surface area contributed by atoms with Crippen LogP contribution >= 0.6 is 0 Å². The Morgan fingerprint density at radius 1 is 1.29 bits per heavy atom. The highest BCUT2D eigenvalue weighted by atomic mass is 28.1. The molecule has 2 rings (SSSR count). The Labute approximate surface area is 89.2 Å². The average Bonchev–Trinajstić information content (AvgIpc) is 2.73. The number of aromatic nitrogens is 2. The Kier molecular flexibility index (Phi) is 3.06. The van der Waals surface area contributed by atoms with Crippen LogP contribution in [0.3, 0.4) is 0 Å². The van der Waals surface area contributed by atoms with Crippen LogP contribution in [0, 0.1) is 0 Å². The third-order valence-corrected chi connectivity index (χ3v) is 4.09. The van der Waals surface area contributed by atoms with E-state index in [1.165, 1.54) is 54.8 Å². The van der Waals surface area contributed by atoms with Gasteiger partial charge in [-0.15, -0.1) is 0 Å². The van der Waals surface area contributed by atoms with Crippen LogP contribution in [0.1, 0.15) is 38.5 Å². The smallest absolute Gasteiger partial charge is 0.241 e. The first-order valence-corrected chi connectivity index (χ1v) is 7.33. The third kappa shape index (κ3) is 1.78. The van der Waals surface area contributed by atoms with Crippen molar-refractivity contribution in [2.45, 2.75) is 50.1 Å². The van der Waals surface area contributed by atoms with E-state index in [4.69, 9.17) is 0 Å². The first kappa shape index (κ1) is 9.96. The molecule has 0 aromatic carbocycles. The third-order valence-electron chi connectivity index (χ3n) is 3.59. The van der Waals surface area contributed by atoms with Gasteiger partial charge >= 0.3 is 0 Å². The van der Waals surface area contributed by atoms with Gasteiger partial charge in [0.05, 0.1) is 0 Å². The Balaban J connectivity index is 2.20. The SMILES string of the molecule is [SiH3]CCC1([n+]2cc[nH]c2)CCCCC1. The summed E-state index contributed by atoms with van der Waals surface area (Å²) in [6.45, 7) is 0. The normalized spacial score (nSPS) is 21.1. The van der Waals surface area contributed by atoms with Crippen LogP contribution < -0.4 is 4.57 Å². The largest absolute Gasteiger partial charge is 0.250 e. The van der Waals surface area contributed by atoms with E-state index in [1.807, 2.05) is 6.20 Å². The quantitative estimate of drug-likeness (QED) is 0.569. The maximum atomic E-state index is 3.18. The summed E-state index contributed by atoms with van der Waals surface area (Å²) in [5, 5.41) is 0. The zero-order valence-electron chi connectivity index (χ0n) is 9.13. The van der Waals surface area contributed by atoms with Crippen molar-refractivity contribution in [1.29, 1.82) is 0 Å². The van der Waals surface area contributed by atoms with E-state index in [-0.39, 0.29) is 0 Å².